The van der Waals surface area contributed by atoms with Gasteiger partial charge in [0.1, 0.15) is 0 Å². The van der Waals surface area contributed by atoms with Crippen LogP contribution in [0.2, 0.25) is 0 Å². The molecule has 3 rings (SSSR count). The Kier molecular flexibility index (Phi) is 6.42. The molecule has 1 heterocycles. The summed E-state index contributed by atoms with van der Waals surface area (Å²) in [5.41, 5.74) is 2.39. The number of hydrogen-bond donors (Lipinski definition) is 2. The van der Waals surface area contributed by atoms with Crippen LogP contribution in [-0.2, 0) is 6.54 Å². The van der Waals surface area contributed by atoms with Gasteiger partial charge in [0.05, 0.1) is 14.2 Å². The van der Waals surface area contributed by atoms with Crippen LogP contribution in [-0.4, -0.2) is 31.0 Å². The Labute approximate surface area is 168 Å². The van der Waals surface area contributed by atoms with E-state index in [1.165, 1.54) is 7.11 Å². The maximum absolute atomic E-state index is 12.5. The molecule has 0 spiro atoms. The average molecular weight is 391 g/mol. The van der Waals surface area contributed by atoms with Crippen molar-refractivity contribution in [3.8, 4) is 11.5 Å². The first-order valence-corrected chi connectivity index (χ1v) is 8.91. The van der Waals surface area contributed by atoms with Gasteiger partial charge in [0.25, 0.3) is 11.8 Å². The van der Waals surface area contributed by atoms with Crippen LogP contribution in [0.5, 0.6) is 11.5 Å². The molecule has 0 unspecified atom stereocenters. The van der Waals surface area contributed by atoms with Crippen LogP contribution in [0.1, 0.15) is 26.3 Å². The number of methoxy groups -OCH3 is 2. The van der Waals surface area contributed by atoms with Crippen LogP contribution < -0.4 is 20.1 Å². The van der Waals surface area contributed by atoms with Gasteiger partial charge in [-0.3, -0.25) is 14.6 Å². The highest BCUT2D eigenvalue weighted by Gasteiger charge is 2.11. The third kappa shape index (κ3) is 5.10. The highest BCUT2D eigenvalue weighted by Crippen LogP contribution is 2.29. The molecule has 7 nitrogen and oxygen atoms in total. The van der Waals surface area contributed by atoms with E-state index in [0.29, 0.717) is 34.9 Å². The zero-order chi connectivity index (χ0) is 20.6. The van der Waals surface area contributed by atoms with Crippen molar-refractivity contribution in [1.29, 1.82) is 0 Å². The van der Waals surface area contributed by atoms with Gasteiger partial charge < -0.3 is 20.1 Å². The number of pyridine rings is 1. The molecule has 29 heavy (non-hydrogen) atoms. The van der Waals surface area contributed by atoms with Crippen LogP contribution in [0.4, 0.5) is 5.69 Å². The number of rotatable bonds is 7. The largest absolute Gasteiger partial charge is 0.493 e. The molecule has 2 amide bonds. The third-order valence-electron chi connectivity index (χ3n) is 4.23. The van der Waals surface area contributed by atoms with E-state index in [-0.39, 0.29) is 11.8 Å². The number of carbonyl (C=O) groups is 2. The molecular weight excluding hydrogens is 370 g/mol. The maximum atomic E-state index is 12.5. The van der Waals surface area contributed by atoms with E-state index < -0.39 is 0 Å². The summed E-state index contributed by atoms with van der Waals surface area (Å²) in [6.07, 6.45) is 3.37. The lowest BCUT2D eigenvalue weighted by atomic mass is 10.1. The molecule has 7 heteroatoms. The summed E-state index contributed by atoms with van der Waals surface area (Å²) in [5, 5.41) is 5.62. The molecule has 0 bridgehead atoms. The first-order valence-electron chi connectivity index (χ1n) is 8.91. The molecule has 0 saturated carbocycles. The number of anilines is 1. The minimum absolute atomic E-state index is 0.222. The highest BCUT2D eigenvalue weighted by molar-refractivity contribution is 6.05. The molecular formula is C22H21N3O4. The lowest BCUT2D eigenvalue weighted by Crippen LogP contribution is -2.23. The van der Waals surface area contributed by atoms with Crippen molar-refractivity contribution in [3.05, 3.63) is 83.7 Å². The fraction of sp³-hybridized carbons (Fsp3) is 0.136. The molecule has 0 aliphatic rings. The van der Waals surface area contributed by atoms with Crippen molar-refractivity contribution in [1.82, 2.24) is 10.3 Å². The van der Waals surface area contributed by atoms with E-state index in [1.54, 1.807) is 62.0 Å². The Morgan fingerprint density at radius 1 is 0.897 bits per heavy atom. The molecule has 2 N–H and O–H groups in total. The molecule has 0 aliphatic carbocycles. The van der Waals surface area contributed by atoms with E-state index in [1.807, 2.05) is 12.1 Å². The Balaban J connectivity index is 1.62. The van der Waals surface area contributed by atoms with Gasteiger partial charge in [-0.1, -0.05) is 6.07 Å². The van der Waals surface area contributed by atoms with Crippen molar-refractivity contribution in [2.75, 3.05) is 19.5 Å². The lowest BCUT2D eigenvalue weighted by Gasteiger charge is -2.11. The Morgan fingerprint density at radius 3 is 2.21 bits per heavy atom. The lowest BCUT2D eigenvalue weighted by molar-refractivity contribution is 0.0949. The number of nitrogens with zero attached hydrogens (tertiary/aromatic N) is 1. The first kappa shape index (κ1) is 19.9. The summed E-state index contributed by atoms with van der Waals surface area (Å²) in [7, 11) is 3.08. The van der Waals surface area contributed by atoms with Crippen molar-refractivity contribution in [2.24, 2.45) is 0 Å². The summed E-state index contributed by atoms with van der Waals surface area (Å²) < 4.78 is 10.4. The van der Waals surface area contributed by atoms with Gasteiger partial charge in [-0.25, -0.2) is 0 Å². The van der Waals surface area contributed by atoms with Crippen molar-refractivity contribution in [3.63, 3.8) is 0 Å². The van der Waals surface area contributed by atoms with E-state index in [9.17, 15) is 9.59 Å². The van der Waals surface area contributed by atoms with E-state index in [0.717, 1.165) is 5.56 Å². The molecule has 0 aliphatic heterocycles. The van der Waals surface area contributed by atoms with E-state index in [2.05, 4.69) is 15.6 Å². The average Bonchev–Trinajstić information content (AvgIpc) is 2.78. The smallest absolute Gasteiger partial charge is 0.255 e. The van der Waals surface area contributed by atoms with Gasteiger partial charge in [-0.05, 0) is 48.0 Å². The number of benzene rings is 2. The number of ether oxygens (including phenoxy) is 2. The number of nitrogens with one attached hydrogen (secondary N) is 2. The number of amides is 2. The number of carbonyl (C=O) groups excluding carboxylic acids is 2. The van der Waals surface area contributed by atoms with Crippen LogP contribution in [0.15, 0.2) is 67.0 Å². The Hall–Kier alpha value is -3.87. The predicted octanol–water partition coefficient (Wildman–Crippen LogP) is 3.28. The monoisotopic (exact) mass is 391 g/mol. The minimum Gasteiger partial charge on any atom is -0.493 e. The van der Waals surface area contributed by atoms with Gasteiger partial charge >= 0.3 is 0 Å². The summed E-state index contributed by atoms with van der Waals surface area (Å²) in [4.78, 5) is 28.7. The topological polar surface area (TPSA) is 89.5 Å². The molecule has 0 radical (unpaired) electrons. The minimum atomic E-state index is -0.292. The van der Waals surface area contributed by atoms with Gasteiger partial charge in [-0.15, -0.1) is 0 Å². The summed E-state index contributed by atoms with van der Waals surface area (Å²) >= 11 is 0. The molecule has 0 atom stereocenters. The second-order valence-corrected chi connectivity index (χ2v) is 6.15. The maximum Gasteiger partial charge on any atom is 0.255 e. The zero-order valence-corrected chi connectivity index (χ0v) is 16.1. The molecule has 0 fully saturated rings. The highest BCUT2D eigenvalue weighted by atomic mass is 16.5. The molecule has 148 valence electrons. The van der Waals surface area contributed by atoms with Gasteiger partial charge in [0.2, 0.25) is 0 Å². The predicted molar refractivity (Wildman–Crippen MR) is 109 cm³/mol. The Morgan fingerprint density at radius 2 is 1.59 bits per heavy atom. The van der Waals surface area contributed by atoms with E-state index in [4.69, 9.17) is 9.47 Å². The van der Waals surface area contributed by atoms with Gasteiger partial charge in [0, 0.05) is 41.8 Å². The second-order valence-electron chi connectivity index (χ2n) is 6.15. The quantitative estimate of drug-likeness (QED) is 0.645. The van der Waals surface area contributed by atoms with Crippen LogP contribution >= 0.6 is 0 Å². The van der Waals surface area contributed by atoms with Crippen molar-refractivity contribution in [2.45, 2.75) is 6.54 Å². The normalized spacial score (nSPS) is 10.1. The zero-order valence-electron chi connectivity index (χ0n) is 16.1. The first-order chi connectivity index (χ1) is 14.1. The van der Waals surface area contributed by atoms with Crippen LogP contribution in [0, 0.1) is 0 Å². The summed E-state index contributed by atoms with van der Waals surface area (Å²) in [5.74, 6) is 0.582. The van der Waals surface area contributed by atoms with Gasteiger partial charge in [0.15, 0.2) is 11.5 Å². The fourth-order valence-corrected chi connectivity index (χ4v) is 2.68. The number of aromatic nitrogens is 1. The van der Waals surface area contributed by atoms with E-state index >= 15 is 0 Å². The fourth-order valence-electron chi connectivity index (χ4n) is 2.68. The molecule has 1 aromatic heterocycles. The number of hydrogen-bond acceptors (Lipinski definition) is 5. The van der Waals surface area contributed by atoms with Crippen LogP contribution in [0.3, 0.4) is 0 Å². The summed E-state index contributed by atoms with van der Waals surface area (Å²) in [6, 6.07) is 15.2. The molecule has 0 saturated heterocycles. The summed E-state index contributed by atoms with van der Waals surface area (Å²) in [6.45, 7) is 0.383. The van der Waals surface area contributed by atoms with Crippen molar-refractivity contribution < 1.29 is 19.1 Å². The molecule has 2 aromatic carbocycles. The third-order valence-corrected chi connectivity index (χ3v) is 4.23. The standard InChI is InChI=1S/C22H21N3O4/c1-28-19-10-9-18(12-20(19)29-2)25-22(27)17-7-5-16(6-8-17)21(26)24-14-15-4-3-11-23-13-15/h3-13H,14H2,1-2H3,(H,24,26)(H,25,27). The Bertz CT molecular complexity index is 989. The van der Waals surface area contributed by atoms with Crippen molar-refractivity contribution >= 4 is 17.5 Å². The second kappa shape index (κ2) is 9.36. The molecule has 3 aromatic rings. The van der Waals surface area contributed by atoms with Gasteiger partial charge in [-0.2, -0.15) is 0 Å². The van der Waals surface area contributed by atoms with Crippen LogP contribution in [0.25, 0.3) is 0 Å². The SMILES string of the molecule is COc1ccc(NC(=O)c2ccc(C(=O)NCc3cccnc3)cc2)cc1OC.